The van der Waals surface area contributed by atoms with Crippen LogP contribution in [0.25, 0.3) is 5.57 Å². The molecule has 1 aromatic carbocycles. The minimum Gasteiger partial charge on any atom is -0.478 e. The second-order valence-corrected chi connectivity index (χ2v) is 3.72. The van der Waals surface area contributed by atoms with Crippen molar-refractivity contribution in [3.05, 3.63) is 39.8 Å². The molecular formula is C10H7ClO4S. The summed E-state index contributed by atoms with van der Waals surface area (Å²) in [6.07, 6.45) is 0. The van der Waals surface area contributed by atoms with Crippen molar-refractivity contribution >= 4 is 41.7 Å². The van der Waals surface area contributed by atoms with Crippen LogP contribution >= 0.6 is 24.2 Å². The molecule has 0 aromatic heterocycles. The van der Waals surface area contributed by atoms with Gasteiger partial charge >= 0.3 is 11.9 Å². The van der Waals surface area contributed by atoms with Crippen molar-refractivity contribution in [2.45, 2.75) is 0 Å². The highest BCUT2D eigenvalue weighted by Gasteiger charge is 2.18. The largest absolute Gasteiger partial charge is 0.478 e. The maximum absolute atomic E-state index is 10.9. The molecule has 0 atom stereocenters. The number of rotatable bonds is 3. The average Bonchev–Trinajstić information content (AvgIpc) is 2.20. The molecule has 0 heterocycles. The van der Waals surface area contributed by atoms with Gasteiger partial charge in [-0.1, -0.05) is 23.7 Å². The third kappa shape index (κ3) is 2.77. The molecule has 1 rings (SSSR count). The summed E-state index contributed by atoms with van der Waals surface area (Å²) in [7, 11) is 0. The molecule has 0 spiro atoms. The van der Waals surface area contributed by atoms with E-state index < -0.39 is 16.8 Å². The van der Waals surface area contributed by atoms with Crippen molar-refractivity contribution in [2.75, 3.05) is 0 Å². The maximum atomic E-state index is 10.9. The summed E-state index contributed by atoms with van der Waals surface area (Å²) in [6, 6.07) is 5.79. The number of benzene rings is 1. The first-order valence-electron chi connectivity index (χ1n) is 4.09. The lowest BCUT2D eigenvalue weighted by Gasteiger charge is -2.04. The number of carboxylic acid groups (broad SMARTS) is 2. The summed E-state index contributed by atoms with van der Waals surface area (Å²) >= 11 is 9.30. The average molecular weight is 259 g/mol. The molecule has 0 amide bonds. The predicted molar refractivity (Wildman–Crippen MR) is 62.6 cm³/mol. The molecule has 0 saturated heterocycles. The topological polar surface area (TPSA) is 74.6 Å². The number of hydrogen-bond acceptors (Lipinski definition) is 3. The van der Waals surface area contributed by atoms with Gasteiger partial charge in [0.2, 0.25) is 0 Å². The van der Waals surface area contributed by atoms with Crippen LogP contribution in [0.5, 0.6) is 0 Å². The van der Waals surface area contributed by atoms with Crippen molar-refractivity contribution in [3.63, 3.8) is 0 Å². The quantitative estimate of drug-likeness (QED) is 0.574. The molecule has 6 heteroatoms. The van der Waals surface area contributed by atoms with Gasteiger partial charge in [-0.05, 0) is 17.7 Å². The number of carbonyl (C=O) groups is 2. The van der Waals surface area contributed by atoms with Crippen LogP contribution in [0.2, 0.25) is 5.02 Å². The van der Waals surface area contributed by atoms with E-state index in [0.717, 1.165) is 0 Å². The van der Waals surface area contributed by atoms with Crippen molar-refractivity contribution in [1.82, 2.24) is 0 Å². The number of thiol groups is 1. The zero-order valence-corrected chi connectivity index (χ0v) is 9.50. The molecule has 0 radical (unpaired) electrons. The van der Waals surface area contributed by atoms with Gasteiger partial charge in [-0.15, -0.1) is 12.6 Å². The number of halogens is 1. The van der Waals surface area contributed by atoms with Crippen LogP contribution < -0.4 is 0 Å². The first-order chi connectivity index (χ1) is 7.43. The summed E-state index contributed by atoms with van der Waals surface area (Å²) in [5, 5.41) is 18.0. The van der Waals surface area contributed by atoms with E-state index in [1.54, 1.807) is 0 Å². The molecule has 16 heavy (non-hydrogen) atoms. The Morgan fingerprint density at radius 3 is 1.94 bits per heavy atom. The number of carboxylic acids is 2. The third-order valence-electron chi connectivity index (χ3n) is 1.79. The smallest absolute Gasteiger partial charge is 0.342 e. The fourth-order valence-corrected chi connectivity index (χ4v) is 1.44. The van der Waals surface area contributed by atoms with E-state index in [0.29, 0.717) is 5.02 Å². The molecule has 2 N–H and O–H groups in total. The highest BCUT2D eigenvalue weighted by Crippen LogP contribution is 2.23. The van der Waals surface area contributed by atoms with Gasteiger partial charge in [0.1, 0.15) is 4.91 Å². The molecule has 0 aliphatic heterocycles. The normalized spacial score (nSPS) is 11.9. The van der Waals surface area contributed by atoms with Crippen molar-refractivity contribution in [1.29, 1.82) is 0 Å². The van der Waals surface area contributed by atoms with Gasteiger partial charge in [-0.25, -0.2) is 9.59 Å². The van der Waals surface area contributed by atoms with Crippen molar-refractivity contribution < 1.29 is 19.8 Å². The second kappa shape index (κ2) is 5.05. The van der Waals surface area contributed by atoms with Gasteiger partial charge in [0.15, 0.2) is 0 Å². The molecule has 1 aromatic rings. The van der Waals surface area contributed by atoms with Crippen LogP contribution in [0.3, 0.4) is 0 Å². The molecule has 0 aliphatic rings. The summed E-state index contributed by atoms with van der Waals surface area (Å²) < 4.78 is 0. The van der Waals surface area contributed by atoms with E-state index in [4.69, 9.17) is 21.8 Å². The minimum absolute atomic E-state index is 0.240. The number of aliphatic carboxylic acids is 2. The molecule has 0 aliphatic carbocycles. The van der Waals surface area contributed by atoms with Crippen LogP contribution in [0.4, 0.5) is 0 Å². The lowest BCUT2D eigenvalue weighted by Crippen LogP contribution is -2.07. The summed E-state index contributed by atoms with van der Waals surface area (Å²) in [5.41, 5.74) is -0.128. The molecule has 0 saturated carbocycles. The Balaban J connectivity index is 3.34. The zero-order chi connectivity index (χ0) is 12.3. The molecule has 0 bridgehead atoms. The van der Waals surface area contributed by atoms with Crippen molar-refractivity contribution in [2.24, 2.45) is 0 Å². The van der Waals surface area contributed by atoms with E-state index in [9.17, 15) is 9.59 Å². The third-order valence-corrected chi connectivity index (χ3v) is 2.45. The highest BCUT2D eigenvalue weighted by atomic mass is 35.5. The van der Waals surface area contributed by atoms with E-state index in [1.165, 1.54) is 24.3 Å². The Bertz CT molecular complexity index is 464. The van der Waals surface area contributed by atoms with Gasteiger partial charge in [-0.2, -0.15) is 0 Å². The van der Waals surface area contributed by atoms with Crippen LogP contribution in [0.15, 0.2) is 29.2 Å². The fourth-order valence-electron chi connectivity index (χ4n) is 1.08. The Hall–Kier alpha value is -1.46. The fraction of sp³-hybridized carbons (Fsp3) is 0. The Kier molecular flexibility index (Phi) is 3.98. The lowest BCUT2D eigenvalue weighted by atomic mass is 10.1. The van der Waals surface area contributed by atoms with Gasteiger partial charge in [-0.3, -0.25) is 0 Å². The Labute approximate surface area is 102 Å². The predicted octanol–water partition coefficient (Wildman–Crippen LogP) is 2.15. The van der Waals surface area contributed by atoms with E-state index >= 15 is 0 Å². The van der Waals surface area contributed by atoms with Gasteiger partial charge in [0.05, 0.1) is 5.57 Å². The van der Waals surface area contributed by atoms with Crippen LogP contribution in [-0.2, 0) is 9.59 Å². The standard InChI is InChI=1S/C10H7ClO4S/c11-6-3-1-5(2-4-6)7(9(12)13)8(16)10(14)15/h1-4,16H,(H,12,13)(H,14,15). The van der Waals surface area contributed by atoms with Gasteiger partial charge in [0.25, 0.3) is 0 Å². The monoisotopic (exact) mass is 258 g/mol. The second-order valence-electron chi connectivity index (χ2n) is 2.84. The summed E-state index contributed by atoms with van der Waals surface area (Å²) in [5.74, 6) is -2.74. The lowest BCUT2D eigenvalue weighted by molar-refractivity contribution is -0.133. The SMILES string of the molecule is O=C(O)C(S)=C(C(=O)O)c1ccc(Cl)cc1. The molecule has 84 valence electrons. The molecule has 0 fully saturated rings. The zero-order valence-electron chi connectivity index (χ0n) is 7.85. The maximum Gasteiger partial charge on any atom is 0.342 e. The summed E-state index contributed by atoms with van der Waals surface area (Å²) in [6.45, 7) is 0. The van der Waals surface area contributed by atoms with E-state index in [2.05, 4.69) is 12.6 Å². The van der Waals surface area contributed by atoms with Crippen LogP contribution in [0, 0.1) is 0 Å². The van der Waals surface area contributed by atoms with E-state index in [1.807, 2.05) is 0 Å². The number of hydrogen-bond donors (Lipinski definition) is 3. The van der Waals surface area contributed by atoms with Gasteiger partial charge in [0, 0.05) is 5.02 Å². The highest BCUT2D eigenvalue weighted by molar-refractivity contribution is 7.86. The van der Waals surface area contributed by atoms with Crippen LogP contribution in [0.1, 0.15) is 5.56 Å². The molecule has 0 unspecified atom stereocenters. The Morgan fingerprint density at radius 2 is 1.56 bits per heavy atom. The minimum atomic E-state index is -1.39. The Morgan fingerprint density at radius 1 is 1.06 bits per heavy atom. The first kappa shape index (κ1) is 12.6. The first-order valence-corrected chi connectivity index (χ1v) is 4.91. The van der Waals surface area contributed by atoms with Crippen molar-refractivity contribution in [3.8, 4) is 0 Å². The molecular weight excluding hydrogens is 252 g/mol. The van der Waals surface area contributed by atoms with E-state index in [-0.39, 0.29) is 11.1 Å². The summed E-state index contributed by atoms with van der Waals surface area (Å²) in [4.78, 5) is 21.1. The molecule has 4 nitrogen and oxygen atoms in total. The van der Waals surface area contributed by atoms with Gasteiger partial charge < -0.3 is 10.2 Å². The van der Waals surface area contributed by atoms with Crippen LogP contribution in [-0.4, -0.2) is 22.2 Å².